The Morgan fingerprint density at radius 1 is 1.21 bits per heavy atom. The summed E-state index contributed by atoms with van der Waals surface area (Å²) in [5.41, 5.74) is 2.26. The average molecular weight is 387 g/mol. The lowest BCUT2D eigenvalue weighted by Gasteiger charge is -2.09. The van der Waals surface area contributed by atoms with Crippen LogP contribution in [0, 0.1) is 6.92 Å². The molecule has 1 atom stereocenters. The first-order valence-electron chi connectivity index (χ1n) is 6.32. The van der Waals surface area contributed by atoms with E-state index in [0.717, 1.165) is 32.6 Å². The molecule has 0 fully saturated rings. The van der Waals surface area contributed by atoms with E-state index in [9.17, 15) is 0 Å². The number of hydrogen-bond acceptors (Lipinski definition) is 2. The van der Waals surface area contributed by atoms with Crippen LogP contribution in [0.3, 0.4) is 0 Å². The Bertz CT molecular complexity index is 554. The fourth-order valence-electron chi connectivity index (χ4n) is 2.06. The lowest BCUT2D eigenvalue weighted by Crippen LogP contribution is -2.16. The molecule has 0 saturated heterocycles. The smallest absolute Gasteiger partial charge is 0.136 e. The van der Waals surface area contributed by atoms with Gasteiger partial charge in [-0.15, -0.1) is 0 Å². The van der Waals surface area contributed by atoms with Crippen LogP contribution in [0.5, 0.6) is 0 Å². The number of rotatable bonds is 4. The third-order valence-corrected chi connectivity index (χ3v) is 4.25. The lowest BCUT2D eigenvalue weighted by molar-refractivity contribution is 0.445. The molecule has 0 spiro atoms. The van der Waals surface area contributed by atoms with E-state index >= 15 is 0 Å². The van der Waals surface area contributed by atoms with Gasteiger partial charge >= 0.3 is 0 Å². The number of hydrogen-bond donors (Lipinski definition) is 1. The summed E-state index contributed by atoms with van der Waals surface area (Å²) >= 11 is 7.21. The number of furan rings is 1. The van der Waals surface area contributed by atoms with Crippen molar-refractivity contribution >= 4 is 31.9 Å². The van der Waals surface area contributed by atoms with Gasteiger partial charge < -0.3 is 9.73 Å². The first-order valence-corrected chi connectivity index (χ1v) is 7.90. The van der Waals surface area contributed by atoms with Crippen LogP contribution in [0.25, 0.3) is 11.3 Å². The number of aryl methyl sites for hydroxylation is 1. The van der Waals surface area contributed by atoms with Gasteiger partial charge in [-0.3, -0.25) is 0 Å². The van der Waals surface area contributed by atoms with Crippen LogP contribution in [0.1, 0.15) is 31.2 Å². The van der Waals surface area contributed by atoms with Gasteiger partial charge in [0.05, 0.1) is 6.04 Å². The van der Waals surface area contributed by atoms with E-state index in [4.69, 9.17) is 4.42 Å². The van der Waals surface area contributed by atoms with E-state index in [1.807, 2.05) is 12.1 Å². The van der Waals surface area contributed by atoms with E-state index in [1.165, 1.54) is 5.56 Å². The van der Waals surface area contributed by atoms with Crippen LogP contribution in [-0.4, -0.2) is 6.54 Å². The van der Waals surface area contributed by atoms with Crippen molar-refractivity contribution in [2.24, 2.45) is 0 Å². The van der Waals surface area contributed by atoms with Gasteiger partial charge in [0, 0.05) is 14.5 Å². The molecule has 0 aliphatic heterocycles. The minimum absolute atomic E-state index is 0.224. The second-order valence-corrected chi connectivity index (χ2v) is 6.29. The van der Waals surface area contributed by atoms with Crippen molar-refractivity contribution in [2.75, 3.05) is 6.54 Å². The topological polar surface area (TPSA) is 25.2 Å². The molecular weight excluding hydrogens is 370 g/mol. The fraction of sp³-hybridized carbons (Fsp3) is 0.333. The van der Waals surface area contributed by atoms with Gasteiger partial charge in [-0.2, -0.15) is 0 Å². The normalized spacial score (nSPS) is 12.7. The van der Waals surface area contributed by atoms with Crippen molar-refractivity contribution in [3.63, 3.8) is 0 Å². The van der Waals surface area contributed by atoms with Crippen LogP contribution in [0.2, 0.25) is 0 Å². The van der Waals surface area contributed by atoms with Crippen LogP contribution >= 0.6 is 31.9 Å². The molecule has 19 heavy (non-hydrogen) atoms. The molecule has 2 rings (SSSR count). The highest BCUT2D eigenvalue weighted by atomic mass is 79.9. The Hall–Kier alpha value is -0.580. The minimum atomic E-state index is 0.224. The monoisotopic (exact) mass is 385 g/mol. The summed E-state index contributed by atoms with van der Waals surface area (Å²) in [7, 11) is 0. The van der Waals surface area contributed by atoms with Crippen molar-refractivity contribution in [1.82, 2.24) is 5.32 Å². The van der Waals surface area contributed by atoms with Gasteiger partial charge in [0.2, 0.25) is 0 Å². The molecular formula is C15H17Br2NO. The zero-order valence-electron chi connectivity index (χ0n) is 11.3. The molecule has 1 aromatic carbocycles. The highest BCUT2D eigenvalue weighted by Gasteiger charge is 2.15. The van der Waals surface area contributed by atoms with Crippen LogP contribution in [0.4, 0.5) is 0 Å². The molecule has 2 nitrogen and oxygen atoms in total. The third kappa shape index (κ3) is 3.30. The Labute approximate surface area is 130 Å². The summed E-state index contributed by atoms with van der Waals surface area (Å²) in [5, 5.41) is 3.35. The molecule has 1 unspecified atom stereocenters. The van der Waals surface area contributed by atoms with E-state index in [0.29, 0.717) is 0 Å². The van der Waals surface area contributed by atoms with Crippen molar-refractivity contribution < 1.29 is 4.42 Å². The summed E-state index contributed by atoms with van der Waals surface area (Å²) in [4.78, 5) is 0. The molecule has 1 heterocycles. The van der Waals surface area contributed by atoms with E-state index in [1.54, 1.807) is 0 Å². The molecule has 0 aliphatic carbocycles. The predicted molar refractivity (Wildman–Crippen MR) is 86.4 cm³/mol. The lowest BCUT2D eigenvalue weighted by atomic mass is 10.1. The second-order valence-electron chi connectivity index (χ2n) is 4.58. The first kappa shape index (κ1) is 14.8. The zero-order chi connectivity index (χ0) is 14.0. The van der Waals surface area contributed by atoms with Crippen molar-refractivity contribution in [2.45, 2.75) is 26.8 Å². The quantitative estimate of drug-likeness (QED) is 0.755. The van der Waals surface area contributed by atoms with Crippen LogP contribution in [-0.2, 0) is 0 Å². The minimum Gasteiger partial charge on any atom is -0.459 e. The SMILES string of the molecule is CCNC(C)c1ccc(-c2c(Br)cc(C)cc2Br)o1. The number of halogens is 2. The molecule has 0 aliphatic rings. The van der Waals surface area contributed by atoms with Crippen molar-refractivity contribution in [3.05, 3.63) is 44.5 Å². The Morgan fingerprint density at radius 2 is 1.84 bits per heavy atom. The summed E-state index contributed by atoms with van der Waals surface area (Å²) in [6.07, 6.45) is 0. The van der Waals surface area contributed by atoms with Crippen molar-refractivity contribution in [1.29, 1.82) is 0 Å². The molecule has 1 N–H and O–H groups in total. The molecule has 4 heteroatoms. The third-order valence-electron chi connectivity index (χ3n) is 3.00. The molecule has 2 aromatic rings. The van der Waals surface area contributed by atoms with Gasteiger partial charge in [-0.25, -0.2) is 0 Å². The largest absolute Gasteiger partial charge is 0.459 e. The van der Waals surface area contributed by atoms with Gasteiger partial charge in [0.1, 0.15) is 11.5 Å². The summed E-state index contributed by atoms with van der Waals surface area (Å²) in [6, 6.07) is 8.46. The van der Waals surface area contributed by atoms with Gasteiger partial charge in [0.25, 0.3) is 0 Å². The molecule has 0 radical (unpaired) electrons. The van der Waals surface area contributed by atoms with Crippen LogP contribution < -0.4 is 5.32 Å². The van der Waals surface area contributed by atoms with Gasteiger partial charge in [-0.1, -0.05) is 6.92 Å². The van der Waals surface area contributed by atoms with Crippen LogP contribution in [0.15, 0.2) is 37.6 Å². The zero-order valence-corrected chi connectivity index (χ0v) is 14.4. The Morgan fingerprint density at radius 3 is 2.42 bits per heavy atom. The highest BCUT2D eigenvalue weighted by molar-refractivity contribution is 9.11. The number of benzene rings is 1. The second kappa shape index (κ2) is 6.25. The Balaban J connectivity index is 2.38. The van der Waals surface area contributed by atoms with E-state index < -0.39 is 0 Å². The highest BCUT2D eigenvalue weighted by Crippen LogP contribution is 2.37. The molecule has 0 saturated carbocycles. The fourth-order valence-corrected chi connectivity index (χ4v) is 3.87. The summed E-state index contributed by atoms with van der Waals surface area (Å²) in [5.74, 6) is 1.83. The maximum absolute atomic E-state index is 5.96. The van der Waals surface area contributed by atoms with Gasteiger partial charge in [-0.05, 0) is 82.1 Å². The van der Waals surface area contributed by atoms with Crippen molar-refractivity contribution in [3.8, 4) is 11.3 Å². The Kier molecular flexibility index (Phi) is 4.87. The molecule has 0 bridgehead atoms. The number of nitrogens with one attached hydrogen (secondary N) is 1. The predicted octanol–water partition coefficient (Wildman–Crippen LogP) is 5.45. The first-order chi connectivity index (χ1) is 9.02. The summed E-state index contributed by atoms with van der Waals surface area (Å²) in [6.45, 7) is 7.19. The van der Waals surface area contributed by atoms with E-state index in [2.05, 4.69) is 70.1 Å². The standard InChI is InChI=1S/C15H17Br2NO/c1-4-18-10(3)13-5-6-14(19-13)15-11(16)7-9(2)8-12(15)17/h5-8,10,18H,4H2,1-3H3. The van der Waals surface area contributed by atoms with E-state index in [-0.39, 0.29) is 6.04 Å². The molecule has 1 aromatic heterocycles. The maximum Gasteiger partial charge on any atom is 0.136 e. The van der Waals surface area contributed by atoms with Gasteiger partial charge in [0.15, 0.2) is 0 Å². The summed E-state index contributed by atoms with van der Waals surface area (Å²) < 4.78 is 8.04. The maximum atomic E-state index is 5.96. The molecule has 0 amide bonds. The average Bonchev–Trinajstić information content (AvgIpc) is 2.77. The molecule has 102 valence electrons.